The molecule has 1 heterocycles. The first-order valence-electron chi connectivity index (χ1n) is 4.56. The first kappa shape index (κ1) is 13.1. The highest BCUT2D eigenvalue weighted by Crippen LogP contribution is 2.21. The molecule has 0 spiro atoms. The summed E-state index contributed by atoms with van der Waals surface area (Å²) in [5.74, 6) is -0.657. The highest BCUT2D eigenvalue weighted by molar-refractivity contribution is 5.80. The van der Waals surface area contributed by atoms with E-state index in [4.69, 9.17) is 9.47 Å². The maximum Gasteiger partial charge on any atom is 0.329 e. The van der Waals surface area contributed by atoms with Crippen LogP contribution in [0.1, 0.15) is 20.3 Å². The lowest BCUT2D eigenvalue weighted by Crippen LogP contribution is -2.23. The van der Waals surface area contributed by atoms with Gasteiger partial charge in [0.1, 0.15) is 0 Å². The van der Waals surface area contributed by atoms with Crippen LogP contribution < -0.4 is 0 Å². The van der Waals surface area contributed by atoms with E-state index in [1.165, 1.54) is 7.11 Å². The van der Waals surface area contributed by atoms with Gasteiger partial charge in [0.2, 0.25) is 0 Å². The summed E-state index contributed by atoms with van der Waals surface area (Å²) in [6, 6.07) is 0. The van der Waals surface area contributed by atoms with Crippen molar-refractivity contribution in [2.45, 2.75) is 26.1 Å². The van der Waals surface area contributed by atoms with E-state index < -0.39 is 5.97 Å². The molecule has 1 aliphatic heterocycles. The molecule has 0 unspecified atom stereocenters. The highest BCUT2D eigenvalue weighted by atomic mass is 16.7. The summed E-state index contributed by atoms with van der Waals surface area (Å²) in [4.78, 5) is 9.84. The molecule has 4 heteroatoms. The monoisotopic (exact) mass is 202 g/mol. The summed E-state index contributed by atoms with van der Waals surface area (Å²) in [7, 11) is 1.31. The van der Waals surface area contributed by atoms with Crippen molar-refractivity contribution in [3.63, 3.8) is 0 Å². The van der Waals surface area contributed by atoms with Gasteiger partial charge in [-0.05, 0) is 13.3 Å². The van der Waals surface area contributed by atoms with Crippen molar-refractivity contribution < 1.29 is 19.0 Å². The molecule has 0 aromatic carbocycles. The zero-order chi connectivity index (χ0) is 11.0. The second kappa shape index (κ2) is 6.56. The second-order valence-corrected chi connectivity index (χ2v) is 2.91. The molecular weight excluding hydrogens is 184 g/mol. The quantitative estimate of drug-likeness (QED) is 0.503. The third-order valence-corrected chi connectivity index (χ3v) is 1.91. The average Bonchev–Trinajstić information content (AvgIpc) is 2.66. The van der Waals surface area contributed by atoms with Crippen molar-refractivity contribution in [1.29, 1.82) is 0 Å². The van der Waals surface area contributed by atoms with Gasteiger partial charge in [-0.3, -0.25) is 0 Å². The van der Waals surface area contributed by atoms with Crippen molar-refractivity contribution in [3.05, 3.63) is 12.7 Å². The summed E-state index contributed by atoms with van der Waals surface area (Å²) in [6.07, 6.45) is 2.05. The normalized spacial score (nSPS) is 17.9. The van der Waals surface area contributed by atoms with Gasteiger partial charge in [-0.25, -0.2) is 4.79 Å². The van der Waals surface area contributed by atoms with E-state index in [0.717, 1.165) is 25.7 Å². The van der Waals surface area contributed by atoms with Gasteiger partial charge in [0.25, 0.3) is 0 Å². The van der Waals surface area contributed by atoms with Gasteiger partial charge in [-0.2, -0.15) is 0 Å². The second-order valence-electron chi connectivity index (χ2n) is 2.91. The van der Waals surface area contributed by atoms with Crippen molar-refractivity contribution in [2.75, 3.05) is 20.3 Å². The van der Waals surface area contributed by atoms with Crippen molar-refractivity contribution in [1.82, 2.24) is 0 Å². The van der Waals surface area contributed by atoms with Crippen LogP contribution in [0.25, 0.3) is 0 Å². The summed E-state index contributed by atoms with van der Waals surface area (Å²) >= 11 is 0. The van der Waals surface area contributed by atoms with Gasteiger partial charge in [0, 0.05) is 6.08 Å². The van der Waals surface area contributed by atoms with Gasteiger partial charge in [-0.1, -0.05) is 13.5 Å². The largest absolute Gasteiger partial charge is 0.466 e. The number of ether oxygens (including phenoxy) is 3. The lowest BCUT2D eigenvalue weighted by atomic mass is 10.2. The lowest BCUT2D eigenvalue weighted by molar-refractivity contribution is -0.143. The Balaban J connectivity index is 0.000000255. The minimum atomic E-state index is -0.394. The SMILES string of the molecule is C=CC(=O)OC.CCC1(C)OCCO1. The van der Waals surface area contributed by atoms with Crippen LogP contribution in [0.15, 0.2) is 12.7 Å². The molecule has 0 atom stereocenters. The maximum atomic E-state index is 9.84. The van der Waals surface area contributed by atoms with E-state index in [1.807, 2.05) is 6.92 Å². The fourth-order valence-corrected chi connectivity index (χ4v) is 0.844. The molecule has 1 fully saturated rings. The standard InChI is InChI=1S/C6H12O2.C4H6O2/c1-3-6(2)7-4-5-8-6;1-3-4(5)6-2/h3-5H2,1-2H3;3H,1H2,2H3. The number of rotatable bonds is 2. The molecule has 0 amide bonds. The first-order chi connectivity index (χ1) is 6.58. The van der Waals surface area contributed by atoms with Gasteiger partial charge in [0.15, 0.2) is 5.79 Å². The lowest BCUT2D eigenvalue weighted by Gasteiger charge is -2.18. The van der Waals surface area contributed by atoms with Gasteiger partial charge in [-0.15, -0.1) is 0 Å². The summed E-state index contributed by atoms with van der Waals surface area (Å²) in [5, 5.41) is 0. The summed E-state index contributed by atoms with van der Waals surface area (Å²) < 4.78 is 14.7. The maximum absolute atomic E-state index is 9.84. The molecule has 0 N–H and O–H groups in total. The topological polar surface area (TPSA) is 44.8 Å². The molecule has 82 valence electrons. The Hall–Kier alpha value is -0.870. The Bertz CT molecular complexity index is 183. The Morgan fingerprint density at radius 3 is 2.21 bits per heavy atom. The molecule has 1 saturated heterocycles. The van der Waals surface area contributed by atoms with E-state index in [1.54, 1.807) is 0 Å². The van der Waals surface area contributed by atoms with E-state index in [0.29, 0.717) is 0 Å². The minimum absolute atomic E-state index is 0.264. The molecule has 0 aromatic rings. The molecule has 0 saturated carbocycles. The zero-order valence-corrected chi connectivity index (χ0v) is 9.04. The summed E-state index contributed by atoms with van der Waals surface area (Å²) in [6.45, 7) is 8.70. The van der Waals surface area contributed by atoms with Crippen molar-refractivity contribution >= 4 is 5.97 Å². The molecule has 4 nitrogen and oxygen atoms in total. The molecule has 0 radical (unpaired) electrons. The molecule has 1 rings (SSSR count). The van der Waals surface area contributed by atoms with Gasteiger partial charge < -0.3 is 14.2 Å². The van der Waals surface area contributed by atoms with Crippen LogP contribution in [0, 0.1) is 0 Å². The van der Waals surface area contributed by atoms with Gasteiger partial charge >= 0.3 is 5.97 Å². The molecule has 0 aliphatic carbocycles. The third-order valence-electron chi connectivity index (χ3n) is 1.91. The Labute approximate surface area is 84.8 Å². The third kappa shape index (κ3) is 4.99. The first-order valence-corrected chi connectivity index (χ1v) is 4.56. The van der Waals surface area contributed by atoms with Crippen LogP contribution in [-0.4, -0.2) is 32.1 Å². The smallest absolute Gasteiger partial charge is 0.329 e. The minimum Gasteiger partial charge on any atom is -0.466 e. The van der Waals surface area contributed by atoms with Crippen molar-refractivity contribution in [2.24, 2.45) is 0 Å². The van der Waals surface area contributed by atoms with E-state index in [2.05, 4.69) is 18.2 Å². The number of hydrogen-bond donors (Lipinski definition) is 0. The number of esters is 1. The van der Waals surface area contributed by atoms with E-state index in [9.17, 15) is 4.79 Å². The number of hydrogen-bond acceptors (Lipinski definition) is 4. The number of carbonyl (C=O) groups is 1. The number of carbonyl (C=O) groups excluding carboxylic acids is 1. The average molecular weight is 202 g/mol. The van der Waals surface area contributed by atoms with E-state index >= 15 is 0 Å². The number of methoxy groups -OCH3 is 1. The van der Waals surface area contributed by atoms with Crippen LogP contribution >= 0.6 is 0 Å². The van der Waals surface area contributed by atoms with Gasteiger partial charge in [0.05, 0.1) is 20.3 Å². The van der Waals surface area contributed by atoms with E-state index in [-0.39, 0.29) is 5.79 Å². The molecule has 0 aromatic heterocycles. The predicted molar refractivity (Wildman–Crippen MR) is 52.8 cm³/mol. The molecule has 14 heavy (non-hydrogen) atoms. The summed E-state index contributed by atoms with van der Waals surface area (Å²) in [5.41, 5.74) is 0. The Morgan fingerprint density at radius 1 is 1.57 bits per heavy atom. The van der Waals surface area contributed by atoms with Crippen LogP contribution in [0.4, 0.5) is 0 Å². The Morgan fingerprint density at radius 2 is 2.07 bits per heavy atom. The fourth-order valence-electron chi connectivity index (χ4n) is 0.844. The van der Waals surface area contributed by atoms with Crippen LogP contribution in [0.3, 0.4) is 0 Å². The molecular formula is C10H18O4. The van der Waals surface area contributed by atoms with Crippen molar-refractivity contribution in [3.8, 4) is 0 Å². The van der Waals surface area contributed by atoms with Crippen LogP contribution in [0.5, 0.6) is 0 Å². The predicted octanol–water partition coefficient (Wildman–Crippen LogP) is 1.50. The highest BCUT2D eigenvalue weighted by Gasteiger charge is 2.27. The van der Waals surface area contributed by atoms with Crippen LogP contribution in [-0.2, 0) is 19.0 Å². The molecule has 0 bridgehead atoms. The molecule has 1 aliphatic rings. The fraction of sp³-hybridized carbons (Fsp3) is 0.700. The zero-order valence-electron chi connectivity index (χ0n) is 9.04. The van der Waals surface area contributed by atoms with Crippen LogP contribution in [0.2, 0.25) is 0 Å². The Kier molecular flexibility index (Phi) is 6.16.